The molecule has 2 aromatic rings. The lowest BCUT2D eigenvalue weighted by Gasteiger charge is -2.24. The van der Waals surface area contributed by atoms with Gasteiger partial charge in [0.2, 0.25) is 0 Å². The van der Waals surface area contributed by atoms with E-state index >= 15 is 0 Å². The highest BCUT2D eigenvalue weighted by molar-refractivity contribution is 5.73. The van der Waals surface area contributed by atoms with Crippen molar-refractivity contribution in [1.29, 1.82) is 5.26 Å². The highest BCUT2D eigenvalue weighted by Gasteiger charge is 2.28. The molecule has 0 saturated carbocycles. The third-order valence-electron chi connectivity index (χ3n) is 4.57. The Morgan fingerprint density at radius 2 is 1.85 bits per heavy atom. The topological polar surface area (TPSA) is 59.3 Å². The average molecular weight is 351 g/mol. The van der Waals surface area contributed by atoms with E-state index in [9.17, 15) is 4.79 Å². The van der Waals surface area contributed by atoms with Crippen LogP contribution in [0.3, 0.4) is 0 Å². The summed E-state index contributed by atoms with van der Waals surface area (Å²) in [6, 6.07) is 18.1. The summed E-state index contributed by atoms with van der Waals surface area (Å²) in [5.74, 6) is 0.165. The first-order chi connectivity index (χ1) is 12.6. The van der Waals surface area contributed by atoms with Gasteiger partial charge in [0.25, 0.3) is 0 Å². The fourth-order valence-corrected chi connectivity index (χ4v) is 3.00. The van der Waals surface area contributed by atoms with Crippen molar-refractivity contribution >= 4 is 5.97 Å². The SMILES string of the molecule is COc1ccccc1CC(c1ccc(C)cc1)C(C)C(=O)OCCC#N. The van der Waals surface area contributed by atoms with E-state index in [1.54, 1.807) is 7.11 Å². The zero-order chi connectivity index (χ0) is 18.9. The van der Waals surface area contributed by atoms with Gasteiger partial charge in [-0.2, -0.15) is 5.26 Å². The Labute approximate surface area is 155 Å². The molecule has 2 unspecified atom stereocenters. The maximum absolute atomic E-state index is 12.5. The van der Waals surface area contributed by atoms with E-state index in [2.05, 4.69) is 24.3 Å². The molecule has 0 heterocycles. The van der Waals surface area contributed by atoms with Crippen LogP contribution in [0.2, 0.25) is 0 Å². The Kier molecular flexibility index (Phi) is 7.23. The molecule has 0 saturated heterocycles. The molecule has 136 valence electrons. The van der Waals surface area contributed by atoms with Gasteiger partial charge < -0.3 is 9.47 Å². The summed E-state index contributed by atoms with van der Waals surface area (Å²) in [5, 5.41) is 8.63. The fraction of sp³-hybridized carbons (Fsp3) is 0.364. The molecular weight excluding hydrogens is 326 g/mol. The van der Waals surface area contributed by atoms with Crippen molar-refractivity contribution in [3.63, 3.8) is 0 Å². The minimum Gasteiger partial charge on any atom is -0.496 e. The van der Waals surface area contributed by atoms with Crippen LogP contribution in [-0.2, 0) is 16.0 Å². The highest BCUT2D eigenvalue weighted by atomic mass is 16.5. The molecule has 2 rings (SSSR count). The molecule has 0 aliphatic carbocycles. The zero-order valence-electron chi connectivity index (χ0n) is 15.6. The van der Waals surface area contributed by atoms with Crippen LogP contribution in [0, 0.1) is 24.2 Å². The third kappa shape index (κ3) is 5.10. The van der Waals surface area contributed by atoms with Gasteiger partial charge in [0.15, 0.2) is 0 Å². The van der Waals surface area contributed by atoms with Crippen LogP contribution in [-0.4, -0.2) is 19.7 Å². The van der Waals surface area contributed by atoms with Crippen molar-refractivity contribution < 1.29 is 14.3 Å². The van der Waals surface area contributed by atoms with Gasteiger partial charge >= 0.3 is 5.97 Å². The van der Waals surface area contributed by atoms with Crippen molar-refractivity contribution in [3.05, 3.63) is 65.2 Å². The number of ether oxygens (including phenoxy) is 2. The number of para-hydroxylation sites is 1. The summed E-state index contributed by atoms with van der Waals surface area (Å²) in [5.41, 5.74) is 3.32. The maximum Gasteiger partial charge on any atom is 0.309 e. The van der Waals surface area contributed by atoms with Crippen LogP contribution in [0.1, 0.15) is 36.0 Å². The van der Waals surface area contributed by atoms with Gasteiger partial charge in [-0.3, -0.25) is 4.79 Å². The van der Waals surface area contributed by atoms with E-state index in [4.69, 9.17) is 14.7 Å². The van der Waals surface area contributed by atoms with Gasteiger partial charge in [0, 0.05) is 5.92 Å². The predicted octanol–water partition coefficient (Wildman–Crippen LogP) is 4.42. The minimum atomic E-state index is -0.332. The largest absolute Gasteiger partial charge is 0.496 e. The molecule has 0 radical (unpaired) electrons. The molecule has 0 amide bonds. The monoisotopic (exact) mass is 351 g/mol. The minimum absolute atomic E-state index is 0.0403. The van der Waals surface area contributed by atoms with Crippen LogP contribution in [0.4, 0.5) is 0 Å². The molecule has 0 spiro atoms. The second-order valence-electron chi connectivity index (χ2n) is 6.40. The van der Waals surface area contributed by atoms with Crippen molar-refractivity contribution in [2.75, 3.05) is 13.7 Å². The van der Waals surface area contributed by atoms with E-state index in [0.29, 0.717) is 6.42 Å². The Hall–Kier alpha value is -2.80. The standard InChI is InChI=1S/C22H25NO3/c1-16-9-11-18(12-10-16)20(17(2)22(24)26-14-6-13-23)15-19-7-4-5-8-21(19)25-3/h4-5,7-12,17,20H,6,14-15H2,1-3H3. The number of nitrogens with zero attached hydrogens (tertiary/aromatic N) is 1. The Balaban J connectivity index is 2.28. The number of aryl methyl sites for hydroxylation is 1. The first-order valence-corrected chi connectivity index (χ1v) is 8.79. The normalized spacial score (nSPS) is 12.7. The Morgan fingerprint density at radius 3 is 2.50 bits per heavy atom. The van der Waals surface area contributed by atoms with Crippen LogP contribution < -0.4 is 4.74 Å². The summed E-state index contributed by atoms with van der Waals surface area (Å²) >= 11 is 0. The third-order valence-corrected chi connectivity index (χ3v) is 4.57. The second-order valence-corrected chi connectivity index (χ2v) is 6.40. The first-order valence-electron chi connectivity index (χ1n) is 8.79. The van der Waals surface area contributed by atoms with Gasteiger partial charge in [-0.15, -0.1) is 0 Å². The van der Waals surface area contributed by atoms with Crippen molar-refractivity contribution in [3.8, 4) is 11.8 Å². The maximum atomic E-state index is 12.5. The molecule has 26 heavy (non-hydrogen) atoms. The number of benzene rings is 2. The van der Waals surface area contributed by atoms with Crippen molar-refractivity contribution in [2.45, 2.75) is 32.6 Å². The number of nitriles is 1. The Bertz CT molecular complexity index is 762. The van der Waals surface area contributed by atoms with E-state index in [1.165, 1.54) is 5.56 Å². The molecule has 2 aromatic carbocycles. The average Bonchev–Trinajstić information content (AvgIpc) is 2.66. The van der Waals surface area contributed by atoms with E-state index in [1.807, 2.05) is 44.2 Å². The van der Waals surface area contributed by atoms with Gasteiger partial charge in [-0.25, -0.2) is 0 Å². The number of carbonyl (C=O) groups is 1. The van der Waals surface area contributed by atoms with Crippen LogP contribution >= 0.6 is 0 Å². The first kappa shape index (κ1) is 19.5. The summed E-state index contributed by atoms with van der Waals surface area (Å²) in [4.78, 5) is 12.5. The van der Waals surface area contributed by atoms with E-state index in [0.717, 1.165) is 16.9 Å². The molecule has 0 N–H and O–H groups in total. The fourth-order valence-electron chi connectivity index (χ4n) is 3.00. The molecule has 0 aliphatic rings. The summed E-state index contributed by atoms with van der Waals surface area (Å²) in [6.07, 6.45) is 0.877. The number of hydrogen-bond acceptors (Lipinski definition) is 4. The Morgan fingerprint density at radius 1 is 1.15 bits per heavy atom. The number of methoxy groups -OCH3 is 1. The lowest BCUT2D eigenvalue weighted by Crippen LogP contribution is -2.24. The van der Waals surface area contributed by atoms with Gasteiger partial charge in [-0.1, -0.05) is 55.0 Å². The second kappa shape index (κ2) is 9.62. The predicted molar refractivity (Wildman–Crippen MR) is 101 cm³/mol. The summed E-state index contributed by atoms with van der Waals surface area (Å²) < 4.78 is 10.7. The number of hydrogen-bond donors (Lipinski definition) is 0. The van der Waals surface area contributed by atoms with Gasteiger partial charge in [0.1, 0.15) is 12.4 Å². The van der Waals surface area contributed by atoms with E-state index in [-0.39, 0.29) is 30.8 Å². The molecule has 2 atom stereocenters. The molecule has 4 heteroatoms. The van der Waals surface area contributed by atoms with Crippen molar-refractivity contribution in [1.82, 2.24) is 0 Å². The summed E-state index contributed by atoms with van der Waals surface area (Å²) in [7, 11) is 1.65. The van der Waals surface area contributed by atoms with Crippen LogP contribution in [0.25, 0.3) is 0 Å². The highest BCUT2D eigenvalue weighted by Crippen LogP contribution is 2.32. The molecule has 0 fully saturated rings. The number of esters is 1. The van der Waals surface area contributed by atoms with Gasteiger partial charge in [-0.05, 0) is 30.5 Å². The van der Waals surface area contributed by atoms with Crippen LogP contribution in [0.5, 0.6) is 5.75 Å². The number of rotatable bonds is 8. The quantitative estimate of drug-likeness (QED) is 0.522. The van der Waals surface area contributed by atoms with Crippen molar-refractivity contribution in [2.24, 2.45) is 5.92 Å². The lowest BCUT2D eigenvalue weighted by atomic mass is 9.82. The molecule has 0 bridgehead atoms. The molecule has 4 nitrogen and oxygen atoms in total. The molecule has 0 aliphatic heterocycles. The van der Waals surface area contributed by atoms with E-state index < -0.39 is 0 Å². The lowest BCUT2D eigenvalue weighted by molar-refractivity contribution is -0.148. The van der Waals surface area contributed by atoms with Crippen LogP contribution in [0.15, 0.2) is 48.5 Å². The summed E-state index contributed by atoms with van der Waals surface area (Å²) in [6.45, 7) is 4.06. The molecule has 0 aromatic heterocycles. The smallest absolute Gasteiger partial charge is 0.309 e. The zero-order valence-corrected chi connectivity index (χ0v) is 15.6. The molecular formula is C22H25NO3. The number of carbonyl (C=O) groups excluding carboxylic acids is 1. The van der Waals surface area contributed by atoms with Gasteiger partial charge in [0.05, 0.1) is 25.5 Å².